The first-order chi connectivity index (χ1) is 19.9. The van der Waals surface area contributed by atoms with Gasteiger partial charge in [0.25, 0.3) is 0 Å². The van der Waals surface area contributed by atoms with E-state index in [4.69, 9.17) is 32.7 Å². The van der Waals surface area contributed by atoms with Gasteiger partial charge in [-0.15, -0.1) is 0 Å². The second kappa shape index (κ2) is 15.7. The summed E-state index contributed by atoms with van der Waals surface area (Å²) in [6.45, 7) is 0.489. The molecule has 3 aromatic rings. The van der Waals surface area contributed by atoms with Gasteiger partial charge in [-0.3, -0.25) is 9.59 Å². The molecule has 1 atom stereocenters. The highest BCUT2D eigenvalue weighted by atomic mass is 35.5. The Bertz CT molecular complexity index is 1240. The van der Waals surface area contributed by atoms with Crippen molar-refractivity contribution < 1.29 is 19.1 Å². The molecule has 0 bridgehead atoms. The van der Waals surface area contributed by atoms with Crippen LogP contribution in [0.4, 0.5) is 0 Å². The van der Waals surface area contributed by atoms with E-state index < -0.39 is 6.04 Å². The minimum absolute atomic E-state index is 0.119. The van der Waals surface area contributed by atoms with Gasteiger partial charge in [-0.05, 0) is 61.2 Å². The van der Waals surface area contributed by atoms with Crippen molar-refractivity contribution >= 4 is 35.0 Å². The molecule has 1 N–H and O–H groups in total. The van der Waals surface area contributed by atoms with Crippen molar-refractivity contribution in [2.45, 2.75) is 70.0 Å². The second-order valence-corrected chi connectivity index (χ2v) is 11.2. The first-order valence-corrected chi connectivity index (χ1v) is 15.0. The highest BCUT2D eigenvalue weighted by molar-refractivity contribution is 6.36. The van der Waals surface area contributed by atoms with Crippen LogP contribution in [0.2, 0.25) is 10.0 Å². The zero-order valence-corrected chi connectivity index (χ0v) is 25.0. The number of nitrogens with one attached hydrogen (secondary N) is 1. The molecule has 1 aliphatic carbocycles. The summed E-state index contributed by atoms with van der Waals surface area (Å²) in [5, 5.41) is 4.18. The number of carbonyl (C=O) groups excluding carboxylic acids is 2. The maximum Gasteiger partial charge on any atom is 0.243 e. The van der Waals surface area contributed by atoms with E-state index in [2.05, 4.69) is 5.32 Å². The van der Waals surface area contributed by atoms with Crippen LogP contribution in [0.3, 0.4) is 0 Å². The Morgan fingerprint density at radius 2 is 1.56 bits per heavy atom. The molecule has 0 heterocycles. The van der Waals surface area contributed by atoms with Crippen LogP contribution in [-0.2, 0) is 22.6 Å². The molecule has 0 aromatic heterocycles. The maximum absolute atomic E-state index is 13.9. The number of halogens is 2. The summed E-state index contributed by atoms with van der Waals surface area (Å²) in [5.41, 5.74) is 1.60. The molecule has 0 aliphatic heterocycles. The number of hydrogen-bond acceptors (Lipinski definition) is 4. The molecule has 2 amide bonds. The van der Waals surface area contributed by atoms with Crippen LogP contribution < -0.4 is 14.8 Å². The summed E-state index contributed by atoms with van der Waals surface area (Å²) in [6.07, 6.45) is 6.37. The smallest absolute Gasteiger partial charge is 0.243 e. The van der Waals surface area contributed by atoms with Crippen molar-refractivity contribution in [3.05, 3.63) is 94.0 Å². The van der Waals surface area contributed by atoms with E-state index in [0.29, 0.717) is 40.8 Å². The topological polar surface area (TPSA) is 67.9 Å². The molecule has 1 fully saturated rings. The third-order valence-electron chi connectivity index (χ3n) is 7.48. The first kappa shape index (κ1) is 30.7. The Balaban J connectivity index is 1.54. The molecule has 0 unspecified atom stereocenters. The number of methoxy groups -OCH3 is 1. The van der Waals surface area contributed by atoms with Crippen molar-refractivity contribution in [1.29, 1.82) is 0 Å². The fourth-order valence-electron chi connectivity index (χ4n) is 5.18. The van der Waals surface area contributed by atoms with Crippen LogP contribution in [-0.4, -0.2) is 42.5 Å². The molecule has 1 aliphatic rings. The van der Waals surface area contributed by atoms with Gasteiger partial charge in [-0.25, -0.2) is 0 Å². The monoisotopic (exact) mass is 596 g/mol. The molecule has 0 spiro atoms. The molecular weight excluding hydrogens is 559 g/mol. The van der Waals surface area contributed by atoms with Gasteiger partial charge < -0.3 is 19.7 Å². The summed E-state index contributed by atoms with van der Waals surface area (Å²) in [7, 11) is 1.61. The molecule has 218 valence electrons. The summed E-state index contributed by atoms with van der Waals surface area (Å²) in [5.74, 6) is 1.15. The highest BCUT2D eigenvalue weighted by Gasteiger charge is 2.32. The molecule has 0 saturated heterocycles. The van der Waals surface area contributed by atoms with Crippen molar-refractivity contribution in [3.8, 4) is 11.5 Å². The van der Waals surface area contributed by atoms with Crippen molar-refractivity contribution in [2.24, 2.45) is 0 Å². The SMILES string of the molecule is COc1ccc(OCCCC(=O)N(Cc2c(Cl)cccc2Cl)[C@H](Cc2ccccc2)C(=O)NC2CCCCC2)cc1. The summed E-state index contributed by atoms with van der Waals surface area (Å²) in [6, 6.07) is 21.8. The van der Waals surface area contributed by atoms with Gasteiger partial charge >= 0.3 is 0 Å². The standard InChI is InChI=1S/C33H38Cl2N2O4/c1-40-26-17-19-27(20-18-26)41-21-9-16-32(38)37(23-28-29(34)14-8-15-30(28)35)31(22-24-10-4-2-5-11-24)33(39)36-25-12-6-3-7-13-25/h2,4-5,8,10-11,14-15,17-20,25,31H,3,6-7,9,12-13,16,21-23H2,1H3,(H,36,39)/t31-/m1/s1. The summed E-state index contributed by atoms with van der Waals surface area (Å²) >= 11 is 13.1. The van der Waals surface area contributed by atoms with E-state index in [0.717, 1.165) is 37.0 Å². The molecule has 8 heteroatoms. The highest BCUT2D eigenvalue weighted by Crippen LogP contribution is 2.28. The first-order valence-electron chi connectivity index (χ1n) is 14.3. The van der Waals surface area contributed by atoms with Crippen LogP contribution in [0.15, 0.2) is 72.8 Å². The zero-order valence-electron chi connectivity index (χ0n) is 23.5. The number of carbonyl (C=O) groups is 2. The van der Waals surface area contributed by atoms with Gasteiger partial charge in [-0.2, -0.15) is 0 Å². The van der Waals surface area contributed by atoms with Gasteiger partial charge in [0.05, 0.1) is 13.7 Å². The predicted octanol–water partition coefficient (Wildman–Crippen LogP) is 7.25. The largest absolute Gasteiger partial charge is 0.497 e. The lowest BCUT2D eigenvalue weighted by atomic mass is 9.94. The van der Waals surface area contributed by atoms with Crippen molar-refractivity contribution in [1.82, 2.24) is 10.2 Å². The molecule has 3 aromatic carbocycles. The van der Waals surface area contributed by atoms with Crippen molar-refractivity contribution in [2.75, 3.05) is 13.7 Å². The minimum atomic E-state index is -0.721. The summed E-state index contributed by atoms with van der Waals surface area (Å²) < 4.78 is 11.0. The minimum Gasteiger partial charge on any atom is -0.497 e. The van der Waals surface area contributed by atoms with Crippen LogP contribution in [0.5, 0.6) is 11.5 Å². The van der Waals surface area contributed by atoms with Crippen molar-refractivity contribution in [3.63, 3.8) is 0 Å². The van der Waals surface area contributed by atoms with Gasteiger partial charge in [0.1, 0.15) is 17.5 Å². The Morgan fingerprint density at radius 1 is 0.902 bits per heavy atom. The average molecular weight is 598 g/mol. The van der Waals surface area contributed by atoms with Crippen LogP contribution >= 0.6 is 23.2 Å². The van der Waals surface area contributed by atoms with Gasteiger partial charge in [0.2, 0.25) is 11.8 Å². The molecule has 0 radical (unpaired) electrons. The number of amides is 2. The van der Waals surface area contributed by atoms with Gasteiger partial charge in [-0.1, -0.05) is 78.9 Å². The van der Waals surface area contributed by atoms with E-state index in [-0.39, 0.29) is 30.8 Å². The second-order valence-electron chi connectivity index (χ2n) is 10.4. The Hall–Kier alpha value is -3.22. The van der Waals surface area contributed by atoms with Gasteiger partial charge in [0.15, 0.2) is 0 Å². The molecular formula is C33H38Cl2N2O4. The number of nitrogens with zero attached hydrogens (tertiary/aromatic N) is 1. The number of ether oxygens (including phenoxy) is 2. The lowest BCUT2D eigenvalue weighted by Gasteiger charge is -2.34. The van der Waals surface area contributed by atoms with E-state index >= 15 is 0 Å². The lowest BCUT2D eigenvalue weighted by molar-refractivity contribution is -0.141. The van der Waals surface area contributed by atoms with E-state index in [1.807, 2.05) is 54.6 Å². The fraction of sp³-hybridized carbons (Fsp3) is 0.394. The van der Waals surface area contributed by atoms with E-state index in [1.165, 1.54) is 6.42 Å². The number of rotatable bonds is 13. The van der Waals surface area contributed by atoms with Crippen LogP contribution in [0, 0.1) is 0 Å². The Morgan fingerprint density at radius 3 is 2.22 bits per heavy atom. The quantitative estimate of drug-likeness (QED) is 0.211. The maximum atomic E-state index is 13.9. The molecule has 41 heavy (non-hydrogen) atoms. The van der Waals surface area contributed by atoms with Crippen LogP contribution in [0.25, 0.3) is 0 Å². The van der Waals surface area contributed by atoms with Crippen LogP contribution in [0.1, 0.15) is 56.1 Å². The molecule has 6 nitrogen and oxygen atoms in total. The Labute approximate surface area is 252 Å². The normalized spacial score (nSPS) is 14.2. The van der Waals surface area contributed by atoms with Gasteiger partial charge in [0, 0.05) is 41.0 Å². The van der Waals surface area contributed by atoms with E-state index in [1.54, 1.807) is 30.2 Å². The lowest BCUT2D eigenvalue weighted by Crippen LogP contribution is -2.52. The third-order valence-corrected chi connectivity index (χ3v) is 8.18. The third kappa shape index (κ3) is 9.14. The average Bonchev–Trinajstić information content (AvgIpc) is 2.99. The number of hydrogen-bond donors (Lipinski definition) is 1. The zero-order chi connectivity index (χ0) is 29.0. The number of benzene rings is 3. The van der Waals surface area contributed by atoms with E-state index in [9.17, 15) is 9.59 Å². The fourth-order valence-corrected chi connectivity index (χ4v) is 5.70. The summed E-state index contributed by atoms with van der Waals surface area (Å²) in [4.78, 5) is 29.4. The predicted molar refractivity (Wildman–Crippen MR) is 164 cm³/mol. The Kier molecular flexibility index (Phi) is 11.8. The molecule has 4 rings (SSSR count). The molecule has 1 saturated carbocycles.